The van der Waals surface area contributed by atoms with Gasteiger partial charge in [0.05, 0.1) is 11.8 Å². The molecule has 1 aromatic heterocycles. The predicted molar refractivity (Wildman–Crippen MR) is 66.7 cm³/mol. The number of nitrogens with zero attached hydrogens (tertiary/aromatic N) is 1. The van der Waals surface area contributed by atoms with Crippen molar-refractivity contribution in [2.45, 2.75) is 19.3 Å². The Morgan fingerprint density at radius 2 is 2.44 bits per heavy atom. The van der Waals surface area contributed by atoms with E-state index in [2.05, 4.69) is 15.6 Å². The molecule has 0 aromatic carbocycles. The van der Waals surface area contributed by atoms with Gasteiger partial charge in [-0.2, -0.15) is 0 Å². The number of hydrogen-bond donors (Lipinski definition) is 2. The molecule has 4 nitrogen and oxygen atoms in total. The van der Waals surface area contributed by atoms with Crippen LogP contribution in [-0.2, 0) is 0 Å². The smallest absolute Gasteiger partial charge is 0.252 e. The van der Waals surface area contributed by atoms with Gasteiger partial charge in [-0.25, -0.2) is 4.39 Å². The highest BCUT2D eigenvalue weighted by atomic mass is 19.1. The highest BCUT2D eigenvalue weighted by molar-refractivity contribution is 5.93. The first-order valence-electron chi connectivity index (χ1n) is 6.35. The van der Waals surface area contributed by atoms with Crippen molar-refractivity contribution in [3.05, 3.63) is 29.8 Å². The topological polar surface area (TPSA) is 54.0 Å². The molecule has 1 aliphatic heterocycles. The zero-order chi connectivity index (χ0) is 12.8. The van der Waals surface area contributed by atoms with Gasteiger partial charge in [-0.1, -0.05) is 0 Å². The average Bonchev–Trinajstić information content (AvgIpc) is 2.40. The lowest BCUT2D eigenvalue weighted by Gasteiger charge is -2.22. The average molecular weight is 251 g/mol. The van der Waals surface area contributed by atoms with Crippen LogP contribution in [0.2, 0.25) is 0 Å². The van der Waals surface area contributed by atoms with Gasteiger partial charge in [0.2, 0.25) is 0 Å². The molecule has 1 unspecified atom stereocenters. The Kier molecular flexibility index (Phi) is 4.64. The molecule has 2 rings (SSSR count). The Morgan fingerprint density at radius 3 is 3.17 bits per heavy atom. The maximum Gasteiger partial charge on any atom is 0.252 e. The zero-order valence-electron chi connectivity index (χ0n) is 10.3. The maximum absolute atomic E-state index is 12.9. The second-order valence-corrected chi connectivity index (χ2v) is 4.65. The molecule has 1 fully saturated rings. The Morgan fingerprint density at radius 1 is 1.56 bits per heavy atom. The molecule has 5 heteroatoms. The summed E-state index contributed by atoms with van der Waals surface area (Å²) >= 11 is 0. The van der Waals surface area contributed by atoms with Gasteiger partial charge in [0, 0.05) is 12.7 Å². The van der Waals surface area contributed by atoms with E-state index in [1.54, 1.807) is 0 Å². The third-order valence-corrected chi connectivity index (χ3v) is 3.20. The molecule has 0 saturated carbocycles. The van der Waals surface area contributed by atoms with Crippen LogP contribution in [0.3, 0.4) is 0 Å². The standard InChI is InChI=1S/C13H18FN3O/c14-12-6-11(8-16-9-12)13(18)17-5-3-10-2-1-4-15-7-10/h6,8-10,15H,1-5,7H2,(H,17,18). The summed E-state index contributed by atoms with van der Waals surface area (Å²) in [6.45, 7) is 2.75. The van der Waals surface area contributed by atoms with Crippen molar-refractivity contribution in [2.24, 2.45) is 5.92 Å². The summed E-state index contributed by atoms with van der Waals surface area (Å²) in [6.07, 6.45) is 5.84. The molecule has 0 spiro atoms. The fourth-order valence-corrected chi connectivity index (χ4v) is 2.20. The predicted octanol–water partition coefficient (Wildman–Crippen LogP) is 1.34. The second kappa shape index (κ2) is 6.44. The summed E-state index contributed by atoms with van der Waals surface area (Å²) in [7, 11) is 0. The van der Waals surface area contributed by atoms with E-state index < -0.39 is 5.82 Å². The summed E-state index contributed by atoms with van der Waals surface area (Å²) < 4.78 is 12.9. The molecule has 2 heterocycles. The van der Waals surface area contributed by atoms with Crippen molar-refractivity contribution in [3.63, 3.8) is 0 Å². The first-order valence-corrected chi connectivity index (χ1v) is 6.35. The van der Waals surface area contributed by atoms with Gasteiger partial charge < -0.3 is 10.6 Å². The molecule has 0 radical (unpaired) electrons. The van der Waals surface area contributed by atoms with Gasteiger partial charge in [-0.15, -0.1) is 0 Å². The second-order valence-electron chi connectivity index (χ2n) is 4.65. The minimum atomic E-state index is -0.487. The van der Waals surface area contributed by atoms with Gasteiger partial charge in [0.15, 0.2) is 0 Å². The lowest BCUT2D eigenvalue weighted by molar-refractivity contribution is 0.0950. The van der Waals surface area contributed by atoms with Crippen LogP contribution in [0.15, 0.2) is 18.5 Å². The van der Waals surface area contributed by atoms with Crippen LogP contribution in [-0.4, -0.2) is 30.5 Å². The van der Waals surface area contributed by atoms with Gasteiger partial charge in [0.25, 0.3) is 5.91 Å². The van der Waals surface area contributed by atoms with Crippen molar-refractivity contribution < 1.29 is 9.18 Å². The normalized spacial score (nSPS) is 19.5. The zero-order valence-corrected chi connectivity index (χ0v) is 10.3. The van der Waals surface area contributed by atoms with Crippen LogP contribution in [0.4, 0.5) is 4.39 Å². The number of halogens is 1. The summed E-state index contributed by atoms with van der Waals surface area (Å²) in [5.41, 5.74) is 0.275. The fourth-order valence-electron chi connectivity index (χ4n) is 2.20. The number of rotatable bonds is 4. The molecular formula is C13H18FN3O. The number of amides is 1. The Bertz CT molecular complexity index is 405. The fraction of sp³-hybridized carbons (Fsp3) is 0.538. The third kappa shape index (κ3) is 3.77. The largest absolute Gasteiger partial charge is 0.352 e. The van der Waals surface area contributed by atoms with Crippen LogP contribution in [0.1, 0.15) is 29.6 Å². The first kappa shape index (κ1) is 13.0. The molecular weight excluding hydrogens is 233 g/mol. The van der Waals surface area contributed by atoms with Crippen LogP contribution in [0, 0.1) is 11.7 Å². The van der Waals surface area contributed by atoms with E-state index in [0.29, 0.717) is 12.5 Å². The summed E-state index contributed by atoms with van der Waals surface area (Å²) in [4.78, 5) is 15.4. The van der Waals surface area contributed by atoms with E-state index in [-0.39, 0.29) is 11.5 Å². The van der Waals surface area contributed by atoms with Crippen LogP contribution >= 0.6 is 0 Å². The quantitative estimate of drug-likeness (QED) is 0.849. The Hall–Kier alpha value is -1.49. The Balaban J connectivity index is 1.74. The lowest BCUT2D eigenvalue weighted by Crippen LogP contribution is -2.33. The molecule has 0 bridgehead atoms. The number of nitrogens with one attached hydrogen (secondary N) is 2. The van der Waals surface area contributed by atoms with Crippen LogP contribution in [0.25, 0.3) is 0 Å². The molecule has 1 aromatic rings. The lowest BCUT2D eigenvalue weighted by atomic mass is 9.96. The van der Waals surface area contributed by atoms with Crippen molar-refractivity contribution in [2.75, 3.05) is 19.6 Å². The van der Waals surface area contributed by atoms with Crippen molar-refractivity contribution in [1.29, 1.82) is 0 Å². The van der Waals surface area contributed by atoms with Crippen molar-refractivity contribution in [3.8, 4) is 0 Å². The first-order chi connectivity index (χ1) is 8.75. The number of hydrogen-bond acceptors (Lipinski definition) is 3. The molecule has 0 aliphatic carbocycles. The highest BCUT2D eigenvalue weighted by Gasteiger charge is 2.13. The summed E-state index contributed by atoms with van der Waals surface area (Å²) in [5.74, 6) is -0.116. The molecule has 18 heavy (non-hydrogen) atoms. The summed E-state index contributed by atoms with van der Waals surface area (Å²) in [6, 6.07) is 1.20. The van der Waals surface area contributed by atoms with E-state index >= 15 is 0 Å². The SMILES string of the molecule is O=C(NCCC1CCCNC1)c1cncc(F)c1. The molecule has 1 aliphatic rings. The third-order valence-electron chi connectivity index (χ3n) is 3.20. The molecule has 1 amide bonds. The van der Waals surface area contributed by atoms with Gasteiger partial charge in [-0.05, 0) is 44.3 Å². The van der Waals surface area contributed by atoms with Crippen molar-refractivity contribution >= 4 is 5.91 Å². The van der Waals surface area contributed by atoms with E-state index in [4.69, 9.17) is 0 Å². The highest BCUT2D eigenvalue weighted by Crippen LogP contribution is 2.13. The van der Waals surface area contributed by atoms with Crippen LogP contribution < -0.4 is 10.6 Å². The molecule has 1 atom stereocenters. The number of piperidine rings is 1. The van der Waals surface area contributed by atoms with E-state index in [9.17, 15) is 9.18 Å². The molecule has 98 valence electrons. The van der Waals surface area contributed by atoms with Crippen LogP contribution in [0.5, 0.6) is 0 Å². The number of aromatic nitrogens is 1. The molecule has 1 saturated heterocycles. The minimum Gasteiger partial charge on any atom is -0.352 e. The maximum atomic E-state index is 12.9. The molecule has 2 N–H and O–H groups in total. The van der Waals surface area contributed by atoms with E-state index in [0.717, 1.165) is 25.7 Å². The van der Waals surface area contributed by atoms with Gasteiger partial charge >= 0.3 is 0 Å². The van der Waals surface area contributed by atoms with E-state index in [1.807, 2.05) is 0 Å². The number of pyridine rings is 1. The van der Waals surface area contributed by atoms with Crippen molar-refractivity contribution in [1.82, 2.24) is 15.6 Å². The number of carbonyl (C=O) groups excluding carboxylic acids is 1. The number of carbonyl (C=O) groups is 1. The van der Waals surface area contributed by atoms with E-state index in [1.165, 1.54) is 25.1 Å². The minimum absolute atomic E-state index is 0.259. The monoisotopic (exact) mass is 251 g/mol. The Labute approximate surface area is 106 Å². The van der Waals surface area contributed by atoms with Gasteiger partial charge in [-0.3, -0.25) is 9.78 Å². The summed E-state index contributed by atoms with van der Waals surface area (Å²) in [5, 5.41) is 6.14. The van der Waals surface area contributed by atoms with Gasteiger partial charge in [0.1, 0.15) is 5.82 Å².